The molecule has 0 unspecified atom stereocenters. The predicted molar refractivity (Wildman–Crippen MR) is 154 cm³/mol. The van der Waals surface area contributed by atoms with Gasteiger partial charge < -0.3 is 25.3 Å². The fourth-order valence-corrected chi connectivity index (χ4v) is 5.73. The molecule has 3 saturated heterocycles. The first-order chi connectivity index (χ1) is 17.5. The van der Waals surface area contributed by atoms with Gasteiger partial charge in [0, 0.05) is 57.6 Å². The summed E-state index contributed by atoms with van der Waals surface area (Å²) >= 11 is 5.64. The van der Waals surface area contributed by atoms with Crippen molar-refractivity contribution in [2.24, 2.45) is 11.8 Å². The minimum absolute atomic E-state index is 0.556. The summed E-state index contributed by atoms with van der Waals surface area (Å²) < 4.78 is 0. The van der Waals surface area contributed by atoms with Gasteiger partial charge in [0.1, 0.15) is 11.6 Å². The van der Waals surface area contributed by atoms with Gasteiger partial charge in [-0.3, -0.25) is 0 Å². The van der Waals surface area contributed by atoms with Crippen molar-refractivity contribution >= 4 is 40.6 Å². The second-order valence-electron chi connectivity index (χ2n) is 10.9. The third kappa shape index (κ3) is 6.38. The van der Waals surface area contributed by atoms with Crippen LogP contribution in [0.1, 0.15) is 57.9 Å². The maximum absolute atomic E-state index is 5.64. The van der Waals surface area contributed by atoms with Crippen LogP contribution in [0.15, 0.2) is 30.3 Å². The highest BCUT2D eigenvalue weighted by atomic mass is 32.1. The zero-order valence-electron chi connectivity index (χ0n) is 21.9. The van der Waals surface area contributed by atoms with Crippen LogP contribution < -0.4 is 25.3 Å². The maximum Gasteiger partial charge on any atom is 0.232 e. The van der Waals surface area contributed by atoms with Gasteiger partial charge in [0.05, 0.1) is 0 Å². The monoisotopic (exact) mass is 507 g/mol. The average Bonchev–Trinajstić information content (AvgIpc) is 3.43. The minimum atomic E-state index is 0.556. The van der Waals surface area contributed by atoms with Crippen molar-refractivity contribution in [1.29, 1.82) is 0 Å². The molecule has 3 aliphatic heterocycles. The summed E-state index contributed by atoms with van der Waals surface area (Å²) in [6, 6.07) is 11.0. The summed E-state index contributed by atoms with van der Waals surface area (Å²) in [7, 11) is 0. The largest absolute Gasteiger partial charge is 0.372 e. The standard InChI is InChI=1S/C28H41N7S/c1-21-11-16-34(17-12-21)25-18-26(35-15-5-6-22(2)20-35)31-27(30-25)32-28(36)29-19-23-7-9-24(10-8-23)33-13-3-4-14-33/h7-10,18,21-22H,3-6,11-17,19-20H2,1-2H3,(H2,29,30,31,32,36)/t22-/m0/s1. The highest BCUT2D eigenvalue weighted by molar-refractivity contribution is 7.80. The topological polar surface area (TPSA) is 59.6 Å². The summed E-state index contributed by atoms with van der Waals surface area (Å²) in [4.78, 5) is 17.1. The molecular formula is C28H41N7S. The summed E-state index contributed by atoms with van der Waals surface area (Å²) in [5, 5.41) is 7.19. The number of nitrogens with one attached hydrogen (secondary N) is 2. The molecule has 5 rings (SSSR count). The molecule has 7 nitrogen and oxygen atoms in total. The normalized spacial score (nSPS) is 21.1. The number of piperidine rings is 2. The number of aromatic nitrogens is 2. The van der Waals surface area contributed by atoms with Crippen molar-refractivity contribution in [2.75, 3.05) is 59.3 Å². The van der Waals surface area contributed by atoms with E-state index in [4.69, 9.17) is 22.2 Å². The highest BCUT2D eigenvalue weighted by Gasteiger charge is 2.23. The van der Waals surface area contributed by atoms with Crippen LogP contribution in [0.4, 0.5) is 23.3 Å². The van der Waals surface area contributed by atoms with Crippen molar-refractivity contribution in [3.63, 3.8) is 0 Å². The third-order valence-corrected chi connectivity index (χ3v) is 8.12. The first-order valence-electron chi connectivity index (χ1n) is 13.8. The fraction of sp³-hybridized carbons (Fsp3) is 0.607. The van der Waals surface area contributed by atoms with Crippen LogP contribution in [-0.2, 0) is 6.54 Å². The van der Waals surface area contributed by atoms with Crippen LogP contribution in [0.25, 0.3) is 0 Å². The highest BCUT2D eigenvalue weighted by Crippen LogP contribution is 2.28. The first kappa shape index (κ1) is 25.1. The summed E-state index contributed by atoms with van der Waals surface area (Å²) in [5.74, 6) is 4.07. The number of thiocarbonyl (C=S) groups is 1. The van der Waals surface area contributed by atoms with Crippen molar-refractivity contribution < 1.29 is 0 Å². The third-order valence-electron chi connectivity index (χ3n) is 7.87. The van der Waals surface area contributed by atoms with Crippen molar-refractivity contribution in [2.45, 2.75) is 58.9 Å². The summed E-state index contributed by atoms with van der Waals surface area (Å²) in [5.41, 5.74) is 2.52. The number of benzene rings is 1. The molecule has 0 radical (unpaired) electrons. The molecule has 1 atom stereocenters. The molecule has 1 aromatic heterocycles. The number of hydrogen-bond acceptors (Lipinski definition) is 6. The van der Waals surface area contributed by atoms with Gasteiger partial charge in [-0.05, 0) is 80.3 Å². The zero-order chi connectivity index (χ0) is 24.9. The molecule has 2 aromatic rings. The molecule has 4 heterocycles. The van der Waals surface area contributed by atoms with E-state index in [0.717, 1.165) is 43.7 Å². The molecular weight excluding hydrogens is 466 g/mol. The Labute approximate surface area is 221 Å². The number of hydrogen-bond donors (Lipinski definition) is 2. The summed E-state index contributed by atoms with van der Waals surface area (Å²) in [6.07, 6.45) is 7.50. The Balaban J connectivity index is 1.25. The Hall–Kier alpha value is -2.61. The lowest BCUT2D eigenvalue weighted by atomic mass is 9.99. The van der Waals surface area contributed by atoms with Crippen molar-refractivity contribution in [3.8, 4) is 0 Å². The molecule has 3 fully saturated rings. The lowest BCUT2D eigenvalue weighted by Gasteiger charge is -2.34. The van der Waals surface area contributed by atoms with Gasteiger partial charge in [0.15, 0.2) is 5.11 Å². The van der Waals surface area contributed by atoms with Crippen molar-refractivity contribution in [1.82, 2.24) is 15.3 Å². The molecule has 36 heavy (non-hydrogen) atoms. The number of anilines is 4. The van der Waals surface area contributed by atoms with Gasteiger partial charge in [-0.2, -0.15) is 9.97 Å². The second kappa shape index (κ2) is 11.6. The molecule has 1 aromatic carbocycles. The Morgan fingerprint density at radius 1 is 0.833 bits per heavy atom. The smallest absolute Gasteiger partial charge is 0.232 e. The van der Waals surface area contributed by atoms with Crippen LogP contribution in [0.2, 0.25) is 0 Å². The lowest BCUT2D eigenvalue weighted by Crippen LogP contribution is -2.37. The Kier molecular flexibility index (Phi) is 8.09. The fourth-order valence-electron chi connectivity index (χ4n) is 5.57. The van der Waals surface area contributed by atoms with E-state index in [1.54, 1.807) is 0 Å². The lowest BCUT2D eigenvalue weighted by molar-refractivity contribution is 0.435. The van der Waals surface area contributed by atoms with E-state index in [-0.39, 0.29) is 0 Å². The molecule has 2 N–H and O–H groups in total. The average molecular weight is 508 g/mol. The quantitative estimate of drug-likeness (QED) is 0.528. The molecule has 8 heteroatoms. The van der Waals surface area contributed by atoms with E-state index >= 15 is 0 Å². The Bertz CT molecular complexity index is 1010. The van der Waals surface area contributed by atoms with E-state index in [9.17, 15) is 0 Å². The number of rotatable bonds is 6. The van der Waals surface area contributed by atoms with E-state index in [0.29, 0.717) is 23.5 Å². The minimum Gasteiger partial charge on any atom is -0.372 e. The van der Waals surface area contributed by atoms with Gasteiger partial charge in [0.2, 0.25) is 5.95 Å². The van der Waals surface area contributed by atoms with Crippen LogP contribution in [0.5, 0.6) is 0 Å². The predicted octanol–water partition coefficient (Wildman–Crippen LogP) is 5.04. The maximum atomic E-state index is 5.64. The zero-order valence-corrected chi connectivity index (χ0v) is 22.7. The van der Waals surface area contributed by atoms with Crippen molar-refractivity contribution in [3.05, 3.63) is 35.9 Å². The van der Waals surface area contributed by atoms with Gasteiger partial charge >= 0.3 is 0 Å². The van der Waals surface area contributed by atoms with E-state index < -0.39 is 0 Å². The molecule has 0 bridgehead atoms. The van der Waals surface area contributed by atoms with Gasteiger partial charge in [0.25, 0.3) is 0 Å². The Morgan fingerprint density at radius 3 is 2.19 bits per heavy atom. The molecule has 0 spiro atoms. The molecule has 0 saturated carbocycles. The molecule has 0 aliphatic carbocycles. The Morgan fingerprint density at radius 2 is 1.50 bits per heavy atom. The first-order valence-corrected chi connectivity index (χ1v) is 14.2. The van der Waals surface area contributed by atoms with Gasteiger partial charge in [-0.25, -0.2) is 0 Å². The van der Waals surface area contributed by atoms with Gasteiger partial charge in [-0.1, -0.05) is 26.0 Å². The van der Waals surface area contributed by atoms with Crippen LogP contribution in [0.3, 0.4) is 0 Å². The summed E-state index contributed by atoms with van der Waals surface area (Å²) in [6.45, 7) is 11.9. The molecule has 3 aliphatic rings. The molecule has 0 amide bonds. The van der Waals surface area contributed by atoms with Crippen LogP contribution in [0, 0.1) is 11.8 Å². The SMILES string of the molecule is CC1CCN(c2cc(N3CCC[C@H](C)C3)nc(NC(=S)NCc3ccc(N4CCCC4)cc3)n2)CC1. The van der Waals surface area contributed by atoms with Crippen LogP contribution >= 0.6 is 12.2 Å². The van der Waals surface area contributed by atoms with E-state index in [1.807, 2.05) is 0 Å². The van der Waals surface area contributed by atoms with E-state index in [2.05, 4.69) is 69.5 Å². The number of nitrogens with zero attached hydrogens (tertiary/aromatic N) is 5. The van der Waals surface area contributed by atoms with Gasteiger partial charge in [-0.15, -0.1) is 0 Å². The second-order valence-corrected chi connectivity index (χ2v) is 11.3. The van der Waals surface area contributed by atoms with Crippen LogP contribution in [-0.4, -0.2) is 54.3 Å². The molecule has 194 valence electrons. The van der Waals surface area contributed by atoms with E-state index in [1.165, 1.54) is 62.9 Å².